The summed E-state index contributed by atoms with van der Waals surface area (Å²) < 4.78 is 4.88. The van der Waals surface area contributed by atoms with Gasteiger partial charge in [0.15, 0.2) is 23.6 Å². The fourth-order valence-electron chi connectivity index (χ4n) is 3.13. The van der Waals surface area contributed by atoms with Gasteiger partial charge in [0.2, 0.25) is 5.78 Å². The van der Waals surface area contributed by atoms with E-state index in [1.165, 1.54) is 20.1 Å². The second-order valence-electron chi connectivity index (χ2n) is 7.17. The zero-order valence-electron chi connectivity index (χ0n) is 18.2. The van der Waals surface area contributed by atoms with Gasteiger partial charge in [-0.1, -0.05) is 38.7 Å². The fourth-order valence-corrected chi connectivity index (χ4v) is 3.13. The van der Waals surface area contributed by atoms with Crippen LogP contribution in [0.15, 0.2) is 70.9 Å². The molecule has 1 rings (SSSR count). The predicted octanol–water partition coefficient (Wildman–Crippen LogP) is 3.35. The summed E-state index contributed by atoms with van der Waals surface area (Å²) in [7, 11) is 1.28. The van der Waals surface area contributed by atoms with Crippen molar-refractivity contribution in [2.75, 3.05) is 7.11 Å². The van der Waals surface area contributed by atoms with Crippen molar-refractivity contribution in [3.63, 3.8) is 0 Å². The van der Waals surface area contributed by atoms with E-state index in [0.29, 0.717) is 24.7 Å². The first-order valence-corrected chi connectivity index (χ1v) is 9.87. The van der Waals surface area contributed by atoms with Crippen molar-refractivity contribution in [3.8, 4) is 0 Å². The van der Waals surface area contributed by atoms with Crippen LogP contribution in [0.25, 0.3) is 0 Å². The first kappa shape index (κ1) is 25.6. The Bertz CT molecular complexity index is 930. The molecule has 0 spiro atoms. The molecular weight excluding hydrogens is 398 g/mol. The number of hydrogen-bond acceptors (Lipinski definition) is 7. The summed E-state index contributed by atoms with van der Waals surface area (Å²) in [4.78, 5) is 47.6. The lowest BCUT2D eigenvalue weighted by atomic mass is 9.84. The Morgan fingerprint density at radius 1 is 1.26 bits per heavy atom. The van der Waals surface area contributed by atoms with Gasteiger partial charge >= 0.3 is 0 Å². The molecule has 7 nitrogen and oxygen atoms in total. The minimum atomic E-state index is -0.940. The molecule has 0 aromatic heterocycles. The van der Waals surface area contributed by atoms with Crippen LogP contribution in [-0.4, -0.2) is 35.9 Å². The van der Waals surface area contributed by atoms with Gasteiger partial charge in [-0.25, -0.2) is 0 Å². The fraction of sp³-hybridized carbons (Fsp3) is 0.333. The zero-order valence-corrected chi connectivity index (χ0v) is 18.2. The molecule has 0 fully saturated rings. The number of carbonyl (C=O) groups is 4. The number of nitrogens with two attached hydrogens (primary N) is 1. The largest absolute Gasteiger partial charge is 0.507 e. The lowest BCUT2D eigenvalue weighted by molar-refractivity contribution is -0.124. The van der Waals surface area contributed by atoms with Crippen molar-refractivity contribution in [1.82, 2.24) is 0 Å². The van der Waals surface area contributed by atoms with Crippen LogP contribution in [0.3, 0.4) is 0 Å². The highest BCUT2D eigenvalue weighted by atomic mass is 16.5. The van der Waals surface area contributed by atoms with Crippen LogP contribution < -0.4 is 5.73 Å². The van der Waals surface area contributed by atoms with Crippen LogP contribution >= 0.6 is 0 Å². The molecule has 0 heterocycles. The highest BCUT2D eigenvalue weighted by Gasteiger charge is 2.35. The Labute approximate surface area is 182 Å². The third kappa shape index (κ3) is 6.77. The standard InChI is InChI=1S/C24H29NO6/c1-6-17(10-14(2)11-18(25)13-26)8-7-9-19(27)15(3)24(30)22-16(4)23(29)21(31-5)12-20(22)28/h10-13,16,30H,2-3,6-9,25H2,1,4-5H3/b17-10+,18-11-,24-22-. The molecule has 7 heteroatoms. The average Bonchev–Trinajstić information content (AvgIpc) is 2.74. The summed E-state index contributed by atoms with van der Waals surface area (Å²) >= 11 is 0. The summed E-state index contributed by atoms with van der Waals surface area (Å²) in [5.74, 6) is -3.05. The molecule has 0 amide bonds. The summed E-state index contributed by atoms with van der Waals surface area (Å²) in [5.41, 5.74) is 6.77. The molecule has 0 saturated heterocycles. The lowest BCUT2D eigenvalue weighted by Gasteiger charge is -2.21. The maximum atomic E-state index is 12.5. The van der Waals surface area contributed by atoms with Gasteiger partial charge in [-0.3, -0.25) is 19.2 Å². The molecule has 166 valence electrons. The smallest absolute Gasteiger partial charge is 0.204 e. The lowest BCUT2D eigenvalue weighted by Crippen LogP contribution is -2.28. The molecule has 0 aromatic rings. The Morgan fingerprint density at radius 3 is 2.45 bits per heavy atom. The monoisotopic (exact) mass is 427 g/mol. The number of rotatable bonds is 11. The SMILES string of the molecule is C=C(/C=C(\N)C=O)/C=C(\CC)CCCC(=O)C(=C)/C(O)=C1/C(=O)C=C(OC)C(=O)C1C. The predicted molar refractivity (Wildman–Crippen MR) is 118 cm³/mol. The summed E-state index contributed by atoms with van der Waals surface area (Å²) in [6.07, 6.45) is 6.71. The Morgan fingerprint density at radius 2 is 1.90 bits per heavy atom. The second-order valence-corrected chi connectivity index (χ2v) is 7.17. The number of aliphatic hydroxyl groups is 1. The van der Waals surface area contributed by atoms with Crippen LogP contribution in [0, 0.1) is 5.92 Å². The molecule has 31 heavy (non-hydrogen) atoms. The minimum Gasteiger partial charge on any atom is -0.507 e. The van der Waals surface area contributed by atoms with Crippen molar-refractivity contribution < 1.29 is 29.0 Å². The number of carbonyl (C=O) groups excluding carboxylic acids is 4. The van der Waals surface area contributed by atoms with Crippen molar-refractivity contribution >= 4 is 23.6 Å². The number of ether oxygens (including phenoxy) is 1. The number of aldehydes is 1. The molecule has 0 aliphatic heterocycles. The number of allylic oxidation sites excluding steroid dienone is 9. The Balaban J connectivity index is 2.85. The van der Waals surface area contributed by atoms with Gasteiger partial charge in [-0.15, -0.1) is 0 Å². The van der Waals surface area contributed by atoms with Gasteiger partial charge in [0.25, 0.3) is 0 Å². The number of methoxy groups -OCH3 is 1. The molecule has 1 aliphatic carbocycles. The van der Waals surface area contributed by atoms with Gasteiger partial charge < -0.3 is 15.6 Å². The Hall–Kier alpha value is -3.48. The normalized spacial score (nSPS) is 18.9. The molecule has 3 N–H and O–H groups in total. The van der Waals surface area contributed by atoms with Crippen LogP contribution in [0.4, 0.5) is 0 Å². The van der Waals surface area contributed by atoms with E-state index in [0.717, 1.165) is 18.1 Å². The second kappa shape index (κ2) is 11.6. The summed E-state index contributed by atoms with van der Waals surface area (Å²) in [6.45, 7) is 10.9. The van der Waals surface area contributed by atoms with Gasteiger partial charge in [0.05, 0.1) is 29.9 Å². The van der Waals surface area contributed by atoms with Crippen molar-refractivity contribution in [3.05, 3.63) is 70.9 Å². The molecule has 1 atom stereocenters. The molecule has 0 radical (unpaired) electrons. The zero-order chi connectivity index (χ0) is 23.7. The summed E-state index contributed by atoms with van der Waals surface area (Å²) in [5, 5.41) is 10.5. The van der Waals surface area contributed by atoms with Crippen molar-refractivity contribution in [2.45, 2.75) is 39.5 Å². The molecular formula is C24H29NO6. The third-order valence-electron chi connectivity index (χ3n) is 4.93. The number of aliphatic hydroxyl groups excluding tert-OH is 1. The molecule has 1 unspecified atom stereocenters. The molecule has 0 bridgehead atoms. The van der Waals surface area contributed by atoms with Gasteiger partial charge in [-0.2, -0.15) is 0 Å². The van der Waals surface area contributed by atoms with E-state index in [4.69, 9.17) is 10.5 Å². The van der Waals surface area contributed by atoms with Crippen LogP contribution in [-0.2, 0) is 23.9 Å². The van der Waals surface area contributed by atoms with E-state index in [-0.39, 0.29) is 29.0 Å². The first-order chi connectivity index (χ1) is 14.6. The average molecular weight is 427 g/mol. The number of hydrogen-bond donors (Lipinski definition) is 2. The van der Waals surface area contributed by atoms with E-state index in [9.17, 15) is 24.3 Å². The minimum absolute atomic E-state index is 0.0733. The maximum absolute atomic E-state index is 12.5. The highest BCUT2D eigenvalue weighted by Crippen LogP contribution is 2.29. The molecule has 1 aliphatic rings. The summed E-state index contributed by atoms with van der Waals surface area (Å²) in [6, 6.07) is 0. The van der Waals surface area contributed by atoms with Crippen LogP contribution in [0.5, 0.6) is 0 Å². The highest BCUT2D eigenvalue weighted by molar-refractivity contribution is 6.19. The number of ketones is 3. The van der Waals surface area contributed by atoms with Gasteiger partial charge in [0.1, 0.15) is 5.76 Å². The Kier molecular flexibility index (Phi) is 9.60. The molecule has 0 saturated carbocycles. The van der Waals surface area contributed by atoms with Crippen molar-refractivity contribution in [1.29, 1.82) is 0 Å². The number of Topliss-reactive ketones (excluding diaryl/α,β-unsaturated/α-hetero) is 2. The van der Waals surface area contributed by atoms with E-state index >= 15 is 0 Å². The van der Waals surface area contributed by atoms with Crippen molar-refractivity contribution in [2.24, 2.45) is 11.7 Å². The van der Waals surface area contributed by atoms with Gasteiger partial charge in [0, 0.05) is 12.5 Å². The third-order valence-corrected chi connectivity index (χ3v) is 4.93. The van der Waals surface area contributed by atoms with Crippen LogP contribution in [0.1, 0.15) is 39.5 Å². The van der Waals surface area contributed by atoms with E-state index in [1.807, 2.05) is 13.0 Å². The van der Waals surface area contributed by atoms with E-state index in [1.54, 1.807) is 0 Å². The first-order valence-electron chi connectivity index (χ1n) is 9.87. The van der Waals surface area contributed by atoms with E-state index < -0.39 is 29.0 Å². The van der Waals surface area contributed by atoms with Gasteiger partial charge in [-0.05, 0) is 30.9 Å². The van der Waals surface area contributed by atoms with Crippen LogP contribution in [0.2, 0.25) is 0 Å². The quantitative estimate of drug-likeness (QED) is 0.224. The maximum Gasteiger partial charge on any atom is 0.204 e. The molecule has 0 aromatic carbocycles. The topological polar surface area (TPSA) is 124 Å². The van der Waals surface area contributed by atoms with E-state index in [2.05, 4.69) is 13.2 Å².